The monoisotopic (exact) mass is 359 g/mol. The van der Waals surface area contributed by atoms with Gasteiger partial charge in [0.25, 0.3) is 0 Å². The van der Waals surface area contributed by atoms with Gasteiger partial charge >= 0.3 is 0 Å². The Morgan fingerprint density at radius 3 is 2.58 bits per heavy atom. The van der Waals surface area contributed by atoms with E-state index in [2.05, 4.69) is 22.5 Å². The molecule has 1 fully saturated rings. The van der Waals surface area contributed by atoms with Gasteiger partial charge in [-0.15, -0.1) is 0 Å². The van der Waals surface area contributed by atoms with Gasteiger partial charge in [0.1, 0.15) is 0 Å². The average Bonchev–Trinajstić information content (AvgIpc) is 2.63. The molecule has 5 nitrogen and oxygen atoms in total. The van der Waals surface area contributed by atoms with Crippen LogP contribution in [0.25, 0.3) is 0 Å². The van der Waals surface area contributed by atoms with Crippen molar-refractivity contribution in [3.63, 3.8) is 0 Å². The minimum atomic E-state index is 0.0150. The number of nitrogens with zero attached hydrogens (tertiary/aromatic N) is 1. The highest BCUT2D eigenvalue weighted by atomic mass is 16.2. The number of unbranched alkanes of at least 4 members (excludes halogenated alkanes) is 2. The molecule has 1 heterocycles. The maximum absolute atomic E-state index is 12.3. The van der Waals surface area contributed by atoms with Gasteiger partial charge in [-0.05, 0) is 63.4 Å². The Balaban J connectivity index is 1.72. The molecule has 5 heteroatoms. The smallest absolute Gasteiger partial charge is 0.238 e. The van der Waals surface area contributed by atoms with Gasteiger partial charge in [0.2, 0.25) is 11.8 Å². The summed E-state index contributed by atoms with van der Waals surface area (Å²) < 4.78 is 0. The normalized spacial score (nSPS) is 15.7. The summed E-state index contributed by atoms with van der Waals surface area (Å²) in [6.45, 7) is 9.00. The Bertz CT molecular complexity index is 607. The molecule has 0 spiro atoms. The van der Waals surface area contributed by atoms with Crippen LogP contribution in [-0.2, 0) is 9.59 Å². The van der Waals surface area contributed by atoms with E-state index in [-0.39, 0.29) is 17.7 Å². The Morgan fingerprint density at radius 2 is 1.88 bits per heavy atom. The third-order valence-electron chi connectivity index (χ3n) is 5.28. The predicted molar refractivity (Wildman–Crippen MR) is 106 cm³/mol. The summed E-state index contributed by atoms with van der Waals surface area (Å²) in [7, 11) is 0. The van der Waals surface area contributed by atoms with Crippen molar-refractivity contribution in [2.45, 2.75) is 52.9 Å². The van der Waals surface area contributed by atoms with Crippen LogP contribution in [0.4, 0.5) is 5.69 Å². The standard InChI is InChI=1S/C21H33N3O2/c1-4-5-6-12-22-21(26)18-10-13-24(14-11-18)15-20(25)23-19-9-7-8-16(2)17(19)3/h7-9,18H,4-6,10-15H2,1-3H3,(H,22,26)(H,23,25). The van der Waals surface area contributed by atoms with Crippen molar-refractivity contribution < 1.29 is 9.59 Å². The topological polar surface area (TPSA) is 61.4 Å². The SMILES string of the molecule is CCCCCNC(=O)C1CCN(CC(=O)Nc2cccc(C)c2C)CC1. The summed E-state index contributed by atoms with van der Waals surface area (Å²) in [5.74, 6) is 0.289. The highest BCUT2D eigenvalue weighted by Crippen LogP contribution is 2.19. The van der Waals surface area contributed by atoms with Crippen LogP contribution in [0.3, 0.4) is 0 Å². The Hall–Kier alpha value is -1.88. The number of hydrogen-bond donors (Lipinski definition) is 2. The van der Waals surface area contributed by atoms with E-state index in [1.54, 1.807) is 0 Å². The van der Waals surface area contributed by atoms with E-state index in [0.29, 0.717) is 6.54 Å². The number of anilines is 1. The minimum Gasteiger partial charge on any atom is -0.356 e. The second kappa shape index (κ2) is 10.3. The van der Waals surface area contributed by atoms with Gasteiger partial charge in [-0.25, -0.2) is 0 Å². The molecular weight excluding hydrogens is 326 g/mol. The first kappa shape index (κ1) is 20.4. The third-order valence-corrected chi connectivity index (χ3v) is 5.28. The van der Waals surface area contributed by atoms with Crippen molar-refractivity contribution in [2.75, 3.05) is 31.5 Å². The number of likely N-dealkylation sites (tertiary alicyclic amines) is 1. The zero-order valence-corrected chi connectivity index (χ0v) is 16.4. The summed E-state index contributed by atoms with van der Waals surface area (Å²) in [5, 5.41) is 6.06. The Morgan fingerprint density at radius 1 is 1.15 bits per heavy atom. The van der Waals surface area contributed by atoms with Crippen LogP contribution in [0.1, 0.15) is 50.2 Å². The molecule has 0 aliphatic carbocycles. The first-order chi connectivity index (χ1) is 12.5. The molecule has 2 rings (SSSR count). The second-order valence-electron chi connectivity index (χ2n) is 7.34. The van der Waals surface area contributed by atoms with Crippen LogP contribution in [0.15, 0.2) is 18.2 Å². The number of hydrogen-bond acceptors (Lipinski definition) is 3. The van der Waals surface area contributed by atoms with Crippen molar-refractivity contribution in [3.8, 4) is 0 Å². The first-order valence-corrected chi connectivity index (χ1v) is 9.87. The molecule has 1 aromatic carbocycles. The minimum absolute atomic E-state index is 0.0150. The van der Waals surface area contributed by atoms with Gasteiger partial charge in [-0.2, -0.15) is 0 Å². The van der Waals surface area contributed by atoms with Crippen molar-refractivity contribution in [2.24, 2.45) is 5.92 Å². The number of nitrogens with one attached hydrogen (secondary N) is 2. The first-order valence-electron chi connectivity index (χ1n) is 9.87. The zero-order chi connectivity index (χ0) is 18.9. The summed E-state index contributed by atoms with van der Waals surface area (Å²) >= 11 is 0. The number of rotatable bonds is 8. The fraction of sp³-hybridized carbons (Fsp3) is 0.619. The molecule has 2 N–H and O–H groups in total. The molecule has 1 saturated heterocycles. The summed E-state index contributed by atoms with van der Waals surface area (Å²) in [6, 6.07) is 5.95. The number of carbonyl (C=O) groups is 2. The number of aryl methyl sites for hydroxylation is 1. The maximum Gasteiger partial charge on any atom is 0.238 e. The number of amides is 2. The Kier molecular flexibility index (Phi) is 8.10. The predicted octanol–water partition coefficient (Wildman–Crippen LogP) is 3.26. The second-order valence-corrected chi connectivity index (χ2v) is 7.34. The summed E-state index contributed by atoms with van der Waals surface area (Å²) in [6.07, 6.45) is 5.04. The van der Waals surface area contributed by atoms with E-state index in [9.17, 15) is 9.59 Å². The quantitative estimate of drug-likeness (QED) is 0.701. The molecule has 0 aromatic heterocycles. The molecule has 1 aliphatic heterocycles. The lowest BCUT2D eigenvalue weighted by Gasteiger charge is -2.30. The molecule has 1 aromatic rings. The molecule has 144 valence electrons. The summed E-state index contributed by atoms with van der Waals surface area (Å²) in [4.78, 5) is 26.7. The van der Waals surface area contributed by atoms with Crippen molar-refractivity contribution in [3.05, 3.63) is 29.3 Å². The van der Waals surface area contributed by atoms with Gasteiger partial charge < -0.3 is 10.6 Å². The van der Waals surface area contributed by atoms with Gasteiger partial charge in [0, 0.05) is 18.2 Å². The van der Waals surface area contributed by atoms with Gasteiger partial charge in [-0.3, -0.25) is 14.5 Å². The molecule has 0 radical (unpaired) electrons. The van der Waals surface area contributed by atoms with Crippen molar-refractivity contribution >= 4 is 17.5 Å². The summed E-state index contributed by atoms with van der Waals surface area (Å²) in [5.41, 5.74) is 3.17. The van der Waals surface area contributed by atoms with Crippen LogP contribution < -0.4 is 10.6 Å². The lowest BCUT2D eigenvalue weighted by Crippen LogP contribution is -2.43. The number of benzene rings is 1. The maximum atomic E-state index is 12.3. The molecule has 0 unspecified atom stereocenters. The van der Waals surface area contributed by atoms with Gasteiger partial charge in [0.05, 0.1) is 6.54 Å². The van der Waals surface area contributed by atoms with Crippen LogP contribution in [0.2, 0.25) is 0 Å². The lowest BCUT2D eigenvalue weighted by atomic mass is 9.96. The highest BCUT2D eigenvalue weighted by Gasteiger charge is 2.25. The van der Waals surface area contributed by atoms with Gasteiger partial charge in [0.15, 0.2) is 0 Å². The number of carbonyl (C=O) groups excluding carboxylic acids is 2. The molecular formula is C21H33N3O2. The van der Waals surface area contributed by atoms with Crippen LogP contribution in [0.5, 0.6) is 0 Å². The van der Waals surface area contributed by atoms with Crippen molar-refractivity contribution in [1.29, 1.82) is 0 Å². The van der Waals surface area contributed by atoms with Crippen LogP contribution >= 0.6 is 0 Å². The average molecular weight is 360 g/mol. The van der Waals surface area contributed by atoms with E-state index in [0.717, 1.165) is 56.6 Å². The van der Waals surface area contributed by atoms with Gasteiger partial charge in [-0.1, -0.05) is 31.9 Å². The van der Waals surface area contributed by atoms with E-state index < -0.39 is 0 Å². The molecule has 2 amide bonds. The number of piperidine rings is 1. The highest BCUT2D eigenvalue weighted by molar-refractivity contribution is 5.93. The van der Waals surface area contributed by atoms with E-state index in [1.807, 2.05) is 32.0 Å². The zero-order valence-electron chi connectivity index (χ0n) is 16.4. The molecule has 1 aliphatic rings. The van der Waals surface area contributed by atoms with Crippen LogP contribution in [-0.4, -0.2) is 42.9 Å². The van der Waals surface area contributed by atoms with E-state index >= 15 is 0 Å². The fourth-order valence-electron chi connectivity index (χ4n) is 3.36. The molecule has 0 saturated carbocycles. The fourth-order valence-corrected chi connectivity index (χ4v) is 3.36. The largest absolute Gasteiger partial charge is 0.356 e. The molecule has 0 atom stereocenters. The van der Waals surface area contributed by atoms with E-state index in [1.165, 1.54) is 12.0 Å². The molecule has 26 heavy (non-hydrogen) atoms. The third kappa shape index (κ3) is 6.13. The van der Waals surface area contributed by atoms with Crippen LogP contribution in [0, 0.1) is 19.8 Å². The lowest BCUT2D eigenvalue weighted by molar-refractivity contribution is -0.126. The Labute approximate surface area is 157 Å². The van der Waals surface area contributed by atoms with E-state index in [4.69, 9.17) is 0 Å². The molecule has 0 bridgehead atoms. The van der Waals surface area contributed by atoms with Crippen molar-refractivity contribution in [1.82, 2.24) is 10.2 Å².